The van der Waals surface area contributed by atoms with Crippen LogP contribution in [0.15, 0.2) is 23.7 Å². The minimum atomic E-state index is -0.273. The van der Waals surface area contributed by atoms with Gasteiger partial charge in [-0.05, 0) is 19.1 Å². The van der Waals surface area contributed by atoms with Crippen molar-refractivity contribution >= 4 is 11.3 Å². The van der Waals surface area contributed by atoms with Crippen molar-refractivity contribution in [3.8, 4) is 0 Å². The first-order valence-electron chi connectivity index (χ1n) is 4.97. The maximum atomic E-state index is 13.2. The van der Waals surface area contributed by atoms with Crippen molar-refractivity contribution in [2.45, 2.75) is 20.0 Å². The largest absolute Gasteiger partial charge is 0.305 e. The van der Waals surface area contributed by atoms with E-state index >= 15 is 0 Å². The third kappa shape index (κ3) is 2.84. The third-order valence-electron chi connectivity index (χ3n) is 2.07. The number of aromatic nitrogens is 2. The van der Waals surface area contributed by atoms with Crippen molar-refractivity contribution < 1.29 is 4.39 Å². The van der Waals surface area contributed by atoms with Crippen LogP contribution in [0, 0.1) is 12.7 Å². The summed E-state index contributed by atoms with van der Waals surface area (Å²) in [5, 5.41) is 6.12. The standard InChI is InChI=1S/C11H12FN3S/c1-8-7-16-11(15-8)6-13-5-10-9(12)3-2-4-14-10/h2-4,7,13H,5-6H2,1H3. The number of aryl methyl sites for hydroxylation is 1. The molecule has 2 rings (SSSR count). The molecule has 0 amide bonds. The number of hydrogen-bond acceptors (Lipinski definition) is 4. The highest BCUT2D eigenvalue weighted by Crippen LogP contribution is 2.08. The molecule has 0 saturated carbocycles. The summed E-state index contributed by atoms with van der Waals surface area (Å²) in [7, 11) is 0. The van der Waals surface area contributed by atoms with Gasteiger partial charge in [0.05, 0.1) is 5.69 Å². The van der Waals surface area contributed by atoms with Crippen LogP contribution in [0.4, 0.5) is 4.39 Å². The Balaban J connectivity index is 1.87. The van der Waals surface area contributed by atoms with Crippen LogP contribution in [0.1, 0.15) is 16.4 Å². The summed E-state index contributed by atoms with van der Waals surface area (Å²) in [5.74, 6) is -0.273. The quantitative estimate of drug-likeness (QED) is 0.886. The van der Waals surface area contributed by atoms with Gasteiger partial charge >= 0.3 is 0 Å². The molecule has 2 aromatic rings. The summed E-state index contributed by atoms with van der Waals surface area (Å²) in [4.78, 5) is 8.27. The van der Waals surface area contributed by atoms with E-state index in [1.807, 2.05) is 12.3 Å². The monoisotopic (exact) mass is 237 g/mol. The Labute approximate surface area is 97.4 Å². The van der Waals surface area contributed by atoms with E-state index in [2.05, 4.69) is 15.3 Å². The van der Waals surface area contributed by atoms with Gasteiger partial charge in [0, 0.05) is 30.4 Å². The Morgan fingerprint density at radius 1 is 1.44 bits per heavy atom. The van der Waals surface area contributed by atoms with Crippen LogP contribution >= 0.6 is 11.3 Å². The van der Waals surface area contributed by atoms with E-state index in [0.29, 0.717) is 18.8 Å². The van der Waals surface area contributed by atoms with Gasteiger partial charge in [-0.2, -0.15) is 0 Å². The second kappa shape index (κ2) is 5.14. The minimum Gasteiger partial charge on any atom is -0.305 e. The van der Waals surface area contributed by atoms with Gasteiger partial charge in [0.25, 0.3) is 0 Å². The summed E-state index contributed by atoms with van der Waals surface area (Å²) in [6, 6.07) is 3.00. The lowest BCUT2D eigenvalue weighted by Crippen LogP contribution is -2.14. The van der Waals surface area contributed by atoms with Crippen molar-refractivity contribution in [3.05, 3.63) is 45.9 Å². The second-order valence-electron chi connectivity index (χ2n) is 3.42. The molecule has 0 aromatic carbocycles. The molecule has 0 unspecified atom stereocenters. The van der Waals surface area contributed by atoms with Gasteiger partial charge in [-0.25, -0.2) is 9.37 Å². The maximum Gasteiger partial charge on any atom is 0.146 e. The number of pyridine rings is 1. The van der Waals surface area contributed by atoms with Crippen molar-refractivity contribution in [3.63, 3.8) is 0 Å². The lowest BCUT2D eigenvalue weighted by Gasteiger charge is -2.02. The highest BCUT2D eigenvalue weighted by molar-refractivity contribution is 7.09. The van der Waals surface area contributed by atoms with Gasteiger partial charge in [-0.1, -0.05) is 0 Å². The van der Waals surface area contributed by atoms with E-state index in [9.17, 15) is 4.39 Å². The molecule has 0 aliphatic rings. The molecule has 84 valence electrons. The molecule has 0 aliphatic heterocycles. The Hall–Kier alpha value is -1.33. The van der Waals surface area contributed by atoms with Gasteiger partial charge in [-0.3, -0.25) is 4.98 Å². The van der Waals surface area contributed by atoms with Gasteiger partial charge in [-0.15, -0.1) is 11.3 Å². The molecule has 2 heterocycles. The Kier molecular flexibility index (Phi) is 3.58. The normalized spacial score (nSPS) is 10.6. The fourth-order valence-corrected chi connectivity index (χ4v) is 2.06. The summed E-state index contributed by atoms with van der Waals surface area (Å²) >= 11 is 1.60. The van der Waals surface area contributed by atoms with E-state index in [4.69, 9.17) is 0 Å². The molecular weight excluding hydrogens is 225 g/mol. The molecule has 0 saturated heterocycles. The zero-order chi connectivity index (χ0) is 11.4. The molecule has 0 spiro atoms. The predicted octanol–water partition coefficient (Wildman–Crippen LogP) is 2.28. The van der Waals surface area contributed by atoms with Crippen LogP contribution in [0.25, 0.3) is 0 Å². The summed E-state index contributed by atoms with van der Waals surface area (Å²) in [6.45, 7) is 3.03. The molecule has 0 aliphatic carbocycles. The summed E-state index contributed by atoms with van der Waals surface area (Å²) in [5.41, 5.74) is 1.46. The van der Waals surface area contributed by atoms with E-state index < -0.39 is 0 Å². The second-order valence-corrected chi connectivity index (χ2v) is 4.36. The van der Waals surface area contributed by atoms with Gasteiger partial charge < -0.3 is 5.32 Å². The molecule has 5 heteroatoms. The fourth-order valence-electron chi connectivity index (χ4n) is 1.32. The van der Waals surface area contributed by atoms with Crippen molar-refractivity contribution in [1.29, 1.82) is 0 Å². The fraction of sp³-hybridized carbons (Fsp3) is 0.273. The van der Waals surface area contributed by atoms with Crippen molar-refractivity contribution in [1.82, 2.24) is 15.3 Å². The molecule has 0 bridgehead atoms. The molecular formula is C11H12FN3S. The Morgan fingerprint density at radius 2 is 2.31 bits per heavy atom. The predicted molar refractivity (Wildman–Crippen MR) is 61.6 cm³/mol. The lowest BCUT2D eigenvalue weighted by molar-refractivity contribution is 0.573. The lowest BCUT2D eigenvalue weighted by atomic mass is 10.3. The first-order valence-corrected chi connectivity index (χ1v) is 5.85. The number of rotatable bonds is 4. The first-order chi connectivity index (χ1) is 7.75. The molecule has 0 radical (unpaired) electrons. The highest BCUT2D eigenvalue weighted by atomic mass is 32.1. The molecule has 16 heavy (non-hydrogen) atoms. The number of thiazole rings is 1. The van der Waals surface area contributed by atoms with E-state index in [1.165, 1.54) is 6.07 Å². The number of halogens is 1. The van der Waals surface area contributed by atoms with Crippen LogP contribution in [-0.2, 0) is 13.1 Å². The van der Waals surface area contributed by atoms with Crippen LogP contribution in [0.2, 0.25) is 0 Å². The number of nitrogens with zero attached hydrogens (tertiary/aromatic N) is 2. The smallest absolute Gasteiger partial charge is 0.146 e. The zero-order valence-corrected chi connectivity index (χ0v) is 9.72. The van der Waals surface area contributed by atoms with E-state index in [-0.39, 0.29) is 5.82 Å². The highest BCUT2D eigenvalue weighted by Gasteiger charge is 2.02. The van der Waals surface area contributed by atoms with Crippen LogP contribution in [0.3, 0.4) is 0 Å². The molecule has 3 nitrogen and oxygen atoms in total. The average molecular weight is 237 g/mol. The van der Waals surface area contributed by atoms with Gasteiger partial charge in [0.2, 0.25) is 0 Å². The Bertz CT molecular complexity index is 470. The number of nitrogens with one attached hydrogen (secondary N) is 1. The summed E-state index contributed by atoms with van der Waals surface area (Å²) < 4.78 is 13.2. The van der Waals surface area contributed by atoms with Crippen molar-refractivity contribution in [2.75, 3.05) is 0 Å². The maximum absolute atomic E-state index is 13.2. The molecule has 1 N–H and O–H groups in total. The van der Waals surface area contributed by atoms with Crippen LogP contribution in [0.5, 0.6) is 0 Å². The number of hydrogen-bond donors (Lipinski definition) is 1. The average Bonchev–Trinajstić information content (AvgIpc) is 2.67. The molecule has 2 aromatic heterocycles. The first kappa shape index (κ1) is 11.2. The van der Waals surface area contributed by atoms with Crippen LogP contribution < -0.4 is 5.32 Å². The van der Waals surface area contributed by atoms with Gasteiger partial charge in [0.1, 0.15) is 10.8 Å². The SMILES string of the molecule is Cc1csc(CNCc2ncccc2F)n1. The molecule has 0 fully saturated rings. The third-order valence-corrected chi connectivity index (χ3v) is 3.04. The van der Waals surface area contributed by atoms with Crippen LogP contribution in [-0.4, -0.2) is 9.97 Å². The van der Waals surface area contributed by atoms with Gasteiger partial charge in [0.15, 0.2) is 0 Å². The molecule has 0 atom stereocenters. The topological polar surface area (TPSA) is 37.8 Å². The zero-order valence-electron chi connectivity index (χ0n) is 8.90. The van der Waals surface area contributed by atoms with E-state index in [1.54, 1.807) is 23.6 Å². The summed E-state index contributed by atoms with van der Waals surface area (Å²) in [6.07, 6.45) is 1.59. The van der Waals surface area contributed by atoms with Crippen molar-refractivity contribution in [2.24, 2.45) is 0 Å². The Morgan fingerprint density at radius 3 is 3.00 bits per heavy atom. The van der Waals surface area contributed by atoms with E-state index in [0.717, 1.165) is 10.7 Å². The minimum absolute atomic E-state index is 0.273.